The fourth-order valence-electron chi connectivity index (χ4n) is 2.03. The van der Waals surface area contributed by atoms with Gasteiger partial charge < -0.3 is 9.53 Å². The molecule has 0 spiro atoms. The molecule has 0 atom stereocenters. The summed E-state index contributed by atoms with van der Waals surface area (Å²) < 4.78 is 5.54. The number of unbranched alkanes of at least 4 members (excludes halogenated alkanes) is 1. The molecule has 0 bridgehead atoms. The van der Waals surface area contributed by atoms with Crippen molar-refractivity contribution >= 4 is 12.1 Å². The predicted molar refractivity (Wildman–Crippen MR) is 64.3 cm³/mol. The molecule has 0 aliphatic heterocycles. The summed E-state index contributed by atoms with van der Waals surface area (Å²) in [5, 5.41) is 0. The third-order valence-corrected chi connectivity index (χ3v) is 2.97. The highest BCUT2D eigenvalue weighted by atomic mass is 16.5. The molecule has 1 aromatic rings. The lowest BCUT2D eigenvalue weighted by Crippen LogP contribution is -2.13. The number of hydrogen-bond acceptors (Lipinski definition) is 3. The standard InChI is InChI=1S/C14H16O3/c15-7-1-2-8-17-14-6-4-11-3-5-13(16)9-12(11)10-14/h4,6-7,10H,1-3,5,8-9H2. The number of fused-ring (bicyclic) bond motifs is 1. The Balaban J connectivity index is 1.98. The van der Waals surface area contributed by atoms with Crippen molar-refractivity contribution in [2.45, 2.75) is 32.1 Å². The van der Waals surface area contributed by atoms with Crippen molar-refractivity contribution in [1.29, 1.82) is 0 Å². The third-order valence-electron chi connectivity index (χ3n) is 2.97. The van der Waals surface area contributed by atoms with Crippen LogP contribution in [-0.4, -0.2) is 18.7 Å². The Labute approximate surface area is 101 Å². The first-order valence-corrected chi connectivity index (χ1v) is 5.99. The van der Waals surface area contributed by atoms with Crippen LogP contribution in [-0.2, 0) is 22.4 Å². The highest BCUT2D eigenvalue weighted by Gasteiger charge is 2.15. The summed E-state index contributed by atoms with van der Waals surface area (Å²) >= 11 is 0. The predicted octanol–water partition coefficient (Wildman–Crippen LogP) is 2.10. The number of aldehydes is 1. The van der Waals surface area contributed by atoms with Gasteiger partial charge in [0, 0.05) is 19.3 Å². The van der Waals surface area contributed by atoms with Crippen LogP contribution in [0.15, 0.2) is 18.2 Å². The van der Waals surface area contributed by atoms with Gasteiger partial charge in [0.2, 0.25) is 0 Å². The van der Waals surface area contributed by atoms with Crippen molar-refractivity contribution in [3.8, 4) is 5.75 Å². The fraction of sp³-hybridized carbons (Fsp3) is 0.429. The van der Waals surface area contributed by atoms with Gasteiger partial charge in [-0.1, -0.05) is 6.07 Å². The molecule has 0 unspecified atom stereocenters. The van der Waals surface area contributed by atoms with Crippen LogP contribution >= 0.6 is 0 Å². The van der Waals surface area contributed by atoms with Gasteiger partial charge in [-0.25, -0.2) is 0 Å². The minimum Gasteiger partial charge on any atom is -0.494 e. The maximum absolute atomic E-state index is 11.4. The van der Waals surface area contributed by atoms with Gasteiger partial charge in [-0.05, 0) is 36.1 Å². The van der Waals surface area contributed by atoms with Gasteiger partial charge in [-0.2, -0.15) is 0 Å². The van der Waals surface area contributed by atoms with E-state index in [2.05, 4.69) is 0 Å². The summed E-state index contributed by atoms with van der Waals surface area (Å²) in [5.74, 6) is 1.10. The van der Waals surface area contributed by atoms with Crippen LogP contribution in [0.4, 0.5) is 0 Å². The van der Waals surface area contributed by atoms with Gasteiger partial charge in [0.15, 0.2) is 0 Å². The number of aryl methyl sites for hydroxylation is 1. The van der Waals surface area contributed by atoms with Crippen LogP contribution in [0.3, 0.4) is 0 Å². The molecule has 3 heteroatoms. The molecule has 17 heavy (non-hydrogen) atoms. The molecule has 1 aromatic carbocycles. The monoisotopic (exact) mass is 232 g/mol. The van der Waals surface area contributed by atoms with E-state index in [0.29, 0.717) is 31.7 Å². The molecule has 1 aliphatic carbocycles. The van der Waals surface area contributed by atoms with Crippen LogP contribution in [0.25, 0.3) is 0 Å². The zero-order chi connectivity index (χ0) is 12.1. The summed E-state index contributed by atoms with van der Waals surface area (Å²) in [4.78, 5) is 21.5. The van der Waals surface area contributed by atoms with Gasteiger partial charge in [-0.15, -0.1) is 0 Å². The number of carbonyl (C=O) groups is 2. The van der Waals surface area contributed by atoms with Gasteiger partial charge in [0.25, 0.3) is 0 Å². The quantitative estimate of drug-likeness (QED) is 0.577. The van der Waals surface area contributed by atoms with Crippen molar-refractivity contribution in [1.82, 2.24) is 0 Å². The molecular weight excluding hydrogens is 216 g/mol. The van der Waals surface area contributed by atoms with Gasteiger partial charge >= 0.3 is 0 Å². The van der Waals surface area contributed by atoms with E-state index in [-0.39, 0.29) is 0 Å². The molecule has 0 saturated carbocycles. The van der Waals surface area contributed by atoms with E-state index in [1.165, 1.54) is 5.56 Å². The SMILES string of the molecule is O=CCCCOc1ccc2c(c1)CC(=O)CC2. The Kier molecular flexibility index (Phi) is 3.91. The van der Waals surface area contributed by atoms with E-state index >= 15 is 0 Å². The lowest BCUT2D eigenvalue weighted by molar-refractivity contribution is -0.118. The normalized spacial score (nSPS) is 14.2. The highest BCUT2D eigenvalue weighted by Crippen LogP contribution is 2.24. The number of ether oxygens (including phenoxy) is 1. The molecule has 0 heterocycles. The van der Waals surface area contributed by atoms with Crippen LogP contribution in [0.5, 0.6) is 5.75 Å². The second-order valence-electron chi connectivity index (χ2n) is 4.30. The minimum absolute atomic E-state index is 0.301. The molecule has 0 saturated heterocycles. The largest absolute Gasteiger partial charge is 0.494 e. The second kappa shape index (κ2) is 5.62. The Morgan fingerprint density at radius 3 is 2.94 bits per heavy atom. The van der Waals surface area contributed by atoms with Crippen LogP contribution in [0.1, 0.15) is 30.4 Å². The Morgan fingerprint density at radius 2 is 2.12 bits per heavy atom. The zero-order valence-corrected chi connectivity index (χ0v) is 9.78. The molecule has 0 radical (unpaired) electrons. The Bertz CT molecular complexity index is 423. The highest BCUT2D eigenvalue weighted by molar-refractivity contribution is 5.83. The molecule has 0 amide bonds. The van der Waals surface area contributed by atoms with Crippen molar-refractivity contribution in [2.75, 3.05) is 6.61 Å². The third kappa shape index (κ3) is 3.16. The summed E-state index contributed by atoms with van der Waals surface area (Å²) in [6.45, 7) is 0.547. The van der Waals surface area contributed by atoms with E-state index < -0.39 is 0 Å². The van der Waals surface area contributed by atoms with Crippen molar-refractivity contribution in [3.05, 3.63) is 29.3 Å². The van der Waals surface area contributed by atoms with E-state index in [4.69, 9.17) is 4.74 Å². The van der Waals surface area contributed by atoms with Gasteiger partial charge in [0.1, 0.15) is 17.8 Å². The first-order valence-electron chi connectivity index (χ1n) is 5.99. The average molecular weight is 232 g/mol. The number of benzene rings is 1. The fourth-order valence-corrected chi connectivity index (χ4v) is 2.03. The first-order chi connectivity index (χ1) is 8.29. The maximum Gasteiger partial charge on any atom is 0.137 e. The van der Waals surface area contributed by atoms with Gasteiger partial charge in [-0.3, -0.25) is 4.79 Å². The number of rotatable bonds is 5. The number of carbonyl (C=O) groups excluding carboxylic acids is 2. The summed E-state index contributed by atoms with van der Waals surface area (Å²) in [5.41, 5.74) is 2.35. The first kappa shape index (κ1) is 11.8. The zero-order valence-electron chi connectivity index (χ0n) is 9.78. The van der Waals surface area contributed by atoms with E-state index in [9.17, 15) is 9.59 Å². The Morgan fingerprint density at radius 1 is 1.24 bits per heavy atom. The van der Waals surface area contributed by atoms with Gasteiger partial charge in [0.05, 0.1) is 6.61 Å². The minimum atomic E-state index is 0.301. The second-order valence-corrected chi connectivity index (χ2v) is 4.30. The number of hydrogen-bond donors (Lipinski definition) is 0. The maximum atomic E-state index is 11.4. The molecule has 1 aliphatic rings. The van der Waals surface area contributed by atoms with E-state index in [1.807, 2.05) is 18.2 Å². The number of ketones is 1. The Hall–Kier alpha value is -1.64. The lowest BCUT2D eigenvalue weighted by atomic mass is 9.91. The molecule has 2 rings (SSSR count). The lowest BCUT2D eigenvalue weighted by Gasteiger charge is -2.16. The van der Waals surface area contributed by atoms with Crippen LogP contribution < -0.4 is 4.74 Å². The average Bonchev–Trinajstić information content (AvgIpc) is 2.34. The molecule has 0 N–H and O–H groups in total. The summed E-state index contributed by atoms with van der Waals surface area (Å²) in [6.07, 6.45) is 4.20. The smallest absolute Gasteiger partial charge is 0.137 e. The van der Waals surface area contributed by atoms with E-state index in [0.717, 1.165) is 30.4 Å². The molecule has 3 nitrogen and oxygen atoms in total. The molecule has 0 fully saturated rings. The van der Waals surface area contributed by atoms with Crippen molar-refractivity contribution < 1.29 is 14.3 Å². The molecular formula is C14H16O3. The molecule has 90 valence electrons. The number of Topliss-reactive ketones (excluding diaryl/α,β-unsaturated/α-hetero) is 1. The summed E-state index contributed by atoms with van der Waals surface area (Å²) in [6, 6.07) is 5.93. The van der Waals surface area contributed by atoms with Crippen LogP contribution in [0, 0.1) is 0 Å². The van der Waals surface area contributed by atoms with E-state index in [1.54, 1.807) is 0 Å². The van der Waals surface area contributed by atoms with Crippen molar-refractivity contribution in [2.24, 2.45) is 0 Å². The molecule has 0 aromatic heterocycles. The van der Waals surface area contributed by atoms with Crippen LogP contribution in [0.2, 0.25) is 0 Å². The topological polar surface area (TPSA) is 43.4 Å². The van der Waals surface area contributed by atoms with Crippen molar-refractivity contribution in [3.63, 3.8) is 0 Å². The summed E-state index contributed by atoms with van der Waals surface area (Å²) in [7, 11) is 0.